The predicted octanol–water partition coefficient (Wildman–Crippen LogP) is 2.54. The van der Waals surface area contributed by atoms with Crippen molar-refractivity contribution in [2.24, 2.45) is 0 Å². The molecule has 94 valence electrons. The summed E-state index contributed by atoms with van der Waals surface area (Å²) in [6.45, 7) is 8.33. The molecule has 0 radical (unpaired) electrons. The highest BCUT2D eigenvalue weighted by Crippen LogP contribution is 2.15. The van der Waals surface area contributed by atoms with Crippen LogP contribution in [0.15, 0.2) is 28.9 Å². The van der Waals surface area contributed by atoms with Gasteiger partial charge in [-0.3, -0.25) is 4.90 Å². The zero-order valence-corrected chi connectivity index (χ0v) is 10.8. The maximum Gasteiger partial charge on any atom is 0.122 e. The van der Waals surface area contributed by atoms with Gasteiger partial charge in [0, 0.05) is 31.2 Å². The van der Waals surface area contributed by atoms with E-state index in [-0.39, 0.29) is 0 Å². The highest BCUT2D eigenvalue weighted by atomic mass is 16.3. The molecule has 1 aliphatic rings. The van der Waals surface area contributed by atoms with Crippen LogP contribution in [0.3, 0.4) is 0 Å². The summed E-state index contributed by atoms with van der Waals surface area (Å²) in [5.41, 5.74) is 1.31. The maximum absolute atomic E-state index is 5.55. The smallest absolute Gasteiger partial charge is 0.122 e. The Bertz CT molecular complexity index is 368. The Morgan fingerprint density at radius 3 is 3.00 bits per heavy atom. The summed E-state index contributed by atoms with van der Waals surface area (Å²) in [6, 6.07) is 2.58. The van der Waals surface area contributed by atoms with Gasteiger partial charge in [-0.1, -0.05) is 26.0 Å². The second-order valence-electron chi connectivity index (χ2n) is 4.90. The zero-order valence-electron chi connectivity index (χ0n) is 10.8. The Balaban J connectivity index is 1.91. The van der Waals surface area contributed by atoms with Crippen LogP contribution in [0.25, 0.3) is 0 Å². The molecule has 0 fully saturated rings. The molecule has 0 aromatic carbocycles. The van der Waals surface area contributed by atoms with Crippen LogP contribution in [0.4, 0.5) is 0 Å². The third-order valence-corrected chi connectivity index (χ3v) is 3.04. The quantitative estimate of drug-likeness (QED) is 0.794. The van der Waals surface area contributed by atoms with Gasteiger partial charge in [-0.05, 0) is 12.5 Å². The molecule has 0 aliphatic carbocycles. The van der Waals surface area contributed by atoms with Gasteiger partial charge in [0.1, 0.15) is 5.76 Å². The molecule has 0 spiro atoms. The molecule has 0 unspecified atom stereocenters. The van der Waals surface area contributed by atoms with Crippen molar-refractivity contribution in [3.8, 4) is 0 Å². The van der Waals surface area contributed by atoms with E-state index >= 15 is 0 Å². The molecule has 0 atom stereocenters. The molecule has 1 aliphatic heterocycles. The van der Waals surface area contributed by atoms with E-state index in [1.54, 1.807) is 6.26 Å². The lowest BCUT2D eigenvalue weighted by Crippen LogP contribution is -2.27. The van der Waals surface area contributed by atoms with E-state index in [1.807, 2.05) is 0 Å². The summed E-state index contributed by atoms with van der Waals surface area (Å²) in [4.78, 5) is 2.45. The lowest BCUT2D eigenvalue weighted by Gasteiger charge is -2.22. The van der Waals surface area contributed by atoms with Crippen LogP contribution in [-0.2, 0) is 13.1 Å². The van der Waals surface area contributed by atoms with E-state index in [1.165, 1.54) is 5.56 Å². The van der Waals surface area contributed by atoms with Crippen LogP contribution in [0.1, 0.15) is 31.6 Å². The van der Waals surface area contributed by atoms with Crippen molar-refractivity contribution < 1.29 is 4.42 Å². The number of hydrogen-bond donors (Lipinski definition) is 1. The van der Waals surface area contributed by atoms with Crippen LogP contribution in [0.2, 0.25) is 0 Å². The van der Waals surface area contributed by atoms with E-state index in [4.69, 9.17) is 4.42 Å². The Kier molecular flexibility index (Phi) is 4.40. The van der Waals surface area contributed by atoms with Gasteiger partial charge in [-0.2, -0.15) is 0 Å². The zero-order chi connectivity index (χ0) is 12.1. The molecule has 3 nitrogen and oxygen atoms in total. The maximum atomic E-state index is 5.55. The molecule has 1 aromatic heterocycles. The van der Waals surface area contributed by atoms with Crippen molar-refractivity contribution >= 4 is 0 Å². The monoisotopic (exact) mass is 234 g/mol. The fraction of sp³-hybridized carbons (Fsp3) is 0.571. The van der Waals surface area contributed by atoms with E-state index in [0.29, 0.717) is 6.04 Å². The van der Waals surface area contributed by atoms with E-state index in [9.17, 15) is 0 Å². The summed E-state index contributed by atoms with van der Waals surface area (Å²) in [7, 11) is 0. The summed E-state index contributed by atoms with van der Waals surface area (Å²) in [6.07, 6.45) is 7.46. The minimum absolute atomic E-state index is 0.492. The highest BCUT2D eigenvalue weighted by molar-refractivity contribution is 5.17. The molecule has 0 bridgehead atoms. The van der Waals surface area contributed by atoms with Gasteiger partial charge in [0.05, 0.1) is 12.8 Å². The van der Waals surface area contributed by atoms with Gasteiger partial charge in [-0.15, -0.1) is 0 Å². The summed E-state index contributed by atoms with van der Waals surface area (Å²) < 4.78 is 5.55. The van der Waals surface area contributed by atoms with Crippen LogP contribution < -0.4 is 5.32 Å². The molecule has 0 saturated heterocycles. The first kappa shape index (κ1) is 12.4. The first-order chi connectivity index (χ1) is 8.25. The first-order valence-electron chi connectivity index (χ1n) is 6.41. The molecule has 2 heterocycles. The average molecular weight is 234 g/mol. The van der Waals surface area contributed by atoms with Gasteiger partial charge in [0.25, 0.3) is 0 Å². The normalized spacial score (nSPS) is 16.9. The molecule has 1 N–H and O–H groups in total. The summed E-state index contributed by atoms with van der Waals surface area (Å²) in [5, 5.41) is 3.40. The number of hydrogen-bond acceptors (Lipinski definition) is 3. The van der Waals surface area contributed by atoms with Gasteiger partial charge in [0.2, 0.25) is 0 Å². The summed E-state index contributed by atoms with van der Waals surface area (Å²) in [5.74, 6) is 1.08. The van der Waals surface area contributed by atoms with Crippen molar-refractivity contribution in [1.29, 1.82) is 0 Å². The van der Waals surface area contributed by atoms with Crippen molar-refractivity contribution in [2.75, 3.05) is 13.1 Å². The van der Waals surface area contributed by atoms with Crippen LogP contribution in [0, 0.1) is 0 Å². The van der Waals surface area contributed by atoms with Gasteiger partial charge in [0.15, 0.2) is 0 Å². The molecule has 1 aromatic rings. The lowest BCUT2D eigenvalue weighted by atomic mass is 10.2. The highest BCUT2D eigenvalue weighted by Gasteiger charge is 2.12. The number of rotatable bonds is 5. The Labute approximate surface area is 103 Å². The lowest BCUT2D eigenvalue weighted by molar-refractivity contribution is 0.287. The standard InChI is InChI=1S/C14H22N2O/c1-12(2)15-10-14-13(6-9-17-14)11-16-7-4-3-5-8-16/h3-4,6,9,12,15H,5,7-8,10-11H2,1-2H3. The first-order valence-corrected chi connectivity index (χ1v) is 6.41. The minimum Gasteiger partial charge on any atom is -0.468 e. The van der Waals surface area contributed by atoms with Crippen molar-refractivity contribution in [1.82, 2.24) is 10.2 Å². The van der Waals surface area contributed by atoms with E-state index in [0.717, 1.165) is 38.4 Å². The third-order valence-electron chi connectivity index (χ3n) is 3.04. The van der Waals surface area contributed by atoms with Crippen molar-refractivity contribution in [3.63, 3.8) is 0 Å². The molecule has 3 heteroatoms. The molecule has 17 heavy (non-hydrogen) atoms. The Hall–Kier alpha value is -1.06. The summed E-state index contributed by atoms with van der Waals surface area (Å²) >= 11 is 0. The molecular weight excluding hydrogens is 212 g/mol. The molecule has 2 rings (SSSR count). The number of furan rings is 1. The van der Waals surface area contributed by atoms with Crippen LogP contribution in [-0.4, -0.2) is 24.0 Å². The van der Waals surface area contributed by atoms with Crippen LogP contribution in [0.5, 0.6) is 0 Å². The second-order valence-corrected chi connectivity index (χ2v) is 4.90. The molecule has 0 amide bonds. The molecule has 0 saturated carbocycles. The van der Waals surface area contributed by atoms with Crippen molar-refractivity contribution in [3.05, 3.63) is 35.8 Å². The SMILES string of the molecule is CC(C)NCc1occc1CN1CC=CCC1. The number of nitrogens with one attached hydrogen (secondary N) is 1. The van der Waals surface area contributed by atoms with E-state index < -0.39 is 0 Å². The third kappa shape index (κ3) is 3.72. The minimum atomic E-state index is 0.492. The second kappa shape index (κ2) is 6.03. The Morgan fingerprint density at radius 1 is 1.41 bits per heavy atom. The van der Waals surface area contributed by atoms with Crippen LogP contribution >= 0.6 is 0 Å². The molecular formula is C14H22N2O. The fourth-order valence-corrected chi connectivity index (χ4v) is 2.03. The van der Waals surface area contributed by atoms with Gasteiger partial charge < -0.3 is 9.73 Å². The fourth-order valence-electron chi connectivity index (χ4n) is 2.03. The number of nitrogens with zero attached hydrogens (tertiary/aromatic N) is 1. The Morgan fingerprint density at radius 2 is 2.29 bits per heavy atom. The topological polar surface area (TPSA) is 28.4 Å². The van der Waals surface area contributed by atoms with Gasteiger partial charge in [-0.25, -0.2) is 0 Å². The van der Waals surface area contributed by atoms with Crippen molar-refractivity contribution in [2.45, 2.75) is 39.4 Å². The predicted molar refractivity (Wildman–Crippen MR) is 69.7 cm³/mol. The average Bonchev–Trinajstić information content (AvgIpc) is 2.75. The van der Waals surface area contributed by atoms with Gasteiger partial charge >= 0.3 is 0 Å². The van der Waals surface area contributed by atoms with E-state index in [2.05, 4.69) is 42.3 Å². The largest absolute Gasteiger partial charge is 0.468 e.